The summed E-state index contributed by atoms with van der Waals surface area (Å²) in [6, 6.07) is 4.88. The highest BCUT2D eigenvalue weighted by Gasteiger charge is 2.17. The summed E-state index contributed by atoms with van der Waals surface area (Å²) in [6.45, 7) is 4.14. The molecule has 2 heterocycles. The smallest absolute Gasteiger partial charge is 0.249 e. The predicted molar refractivity (Wildman–Crippen MR) is 71.0 cm³/mol. The summed E-state index contributed by atoms with van der Waals surface area (Å²) >= 11 is 0. The zero-order chi connectivity index (χ0) is 13.7. The number of anilines is 1. The Morgan fingerprint density at radius 2 is 2.32 bits per heavy atom. The van der Waals surface area contributed by atoms with E-state index in [0.717, 1.165) is 0 Å². The molecule has 6 heteroatoms. The van der Waals surface area contributed by atoms with Crippen LogP contribution >= 0.6 is 0 Å². The van der Waals surface area contributed by atoms with Gasteiger partial charge in [-0.1, -0.05) is 0 Å². The third kappa shape index (κ3) is 3.09. The van der Waals surface area contributed by atoms with Crippen LogP contribution in [0.2, 0.25) is 0 Å². The van der Waals surface area contributed by atoms with Crippen LogP contribution in [0.25, 0.3) is 0 Å². The number of hydrogen-bond acceptors (Lipinski definition) is 4. The van der Waals surface area contributed by atoms with E-state index < -0.39 is 6.04 Å². The molecule has 0 aliphatic carbocycles. The van der Waals surface area contributed by atoms with Gasteiger partial charge in [-0.15, -0.1) is 0 Å². The van der Waals surface area contributed by atoms with Crippen molar-refractivity contribution in [2.75, 3.05) is 11.9 Å². The van der Waals surface area contributed by atoms with Gasteiger partial charge in [-0.25, -0.2) is 4.98 Å². The fourth-order valence-electron chi connectivity index (χ4n) is 1.60. The summed E-state index contributed by atoms with van der Waals surface area (Å²) in [5.41, 5.74) is 0.563. The van der Waals surface area contributed by atoms with E-state index in [1.54, 1.807) is 48.4 Å². The van der Waals surface area contributed by atoms with Crippen LogP contribution in [0.5, 0.6) is 5.88 Å². The fraction of sp³-hybridized carbons (Fsp3) is 0.308. The lowest BCUT2D eigenvalue weighted by Crippen LogP contribution is -2.24. The number of rotatable bonds is 5. The number of carbonyl (C=O) groups is 1. The zero-order valence-electron chi connectivity index (χ0n) is 10.9. The van der Waals surface area contributed by atoms with Gasteiger partial charge in [0.1, 0.15) is 11.7 Å². The molecule has 0 spiro atoms. The van der Waals surface area contributed by atoms with E-state index in [4.69, 9.17) is 4.74 Å². The van der Waals surface area contributed by atoms with Crippen molar-refractivity contribution in [2.24, 2.45) is 0 Å². The van der Waals surface area contributed by atoms with Gasteiger partial charge in [0.25, 0.3) is 0 Å². The molecule has 0 unspecified atom stereocenters. The van der Waals surface area contributed by atoms with Crippen molar-refractivity contribution in [1.29, 1.82) is 0 Å². The molecular formula is C13H16N4O2. The zero-order valence-corrected chi connectivity index (χ0v) is 10.9. The maximum absolute atomic E-state index is 12.1. The molecule has 0 aliphatic rings. The van der Waals surface area contributed by atoms with Gasteiger partial charge in [0.15, 0.2) is 0 Å². The monoisotopic (exact) mass is 260 g/mol. The molecule has 1 amide bonds. The highest BCUT2D eigenvalue weighted by Crippen LogP contribution is 2.21. The highest BCUT2D eigenvalue weighted by atomic mass is 16.5. The van der Waals surface area contributed by atoms with Crippen LogP contribution in [-0.2, 0) is 4.79 Å². The van der Waals surface area contributed by atoms with E-state index in [1.165, 1.54) is 0 Å². The van der Waals surface area contributed by atoms with E-state index in [2.05, 4.69) is 15.4 Å². The quantitative estimate of drug-likeness (QED) is 0.891. The van der Waals surface area contributed by atoms with Crippen LogP contribution in [0.15, 0.2) is 36.8 Å². The minimum Gasteiger partial charge on any atom is -0.476 e. The van der Waals surface area contributed by atoms with Gasteiger partial charge in [-0.3, -0.25) is 9.48 Å². The Hall–Kier alpha value is -2.37. The minimum absolute atomic E-state index is 0.169. The van der Waals surface area contributed by atoms with Crippen LogP contribution in [0, 0.1) is 0 Å². The number of hydrogen-bond donors (Lipinski definition) is 1. The van der Waals surface area contributed by atoms with E-state index in [1.807, 2.05) is 6.92 Å². The molecule has 1 N–H and O–H groups in total. The Labute approximate surface area is 111 Å². The van der Waals surface area contributed by atoms with Crippen molar-refractivity contribution in [3.05, 3.63) is 36.8 Å². The number of nitrogens with one attached hydrogen (secondary N) is 1. The number of ether oxygens (including phenoxy) is 1. The third-order valence-corrected chi connectivity index (χ3v) is 2.61. The van der Waals surface area contributed by atoms with Gasteiger partial charge >= 0.3 is 0 Å². The second-order valence-corrected chi connectivity index (χ2v) is 3.94. The lowest BCUT2D eigenvalue weighted by Gasteiger charge is -2.14. The molecule has 2 aromatic heterocycles. The number of pyridine rings is 1. The lowest BCUT2D eigenvalue weighted by molar-refractivity contribution is -0.119. The van der Waals surface area contributed by atoms with Crippen molar-refractivity contribution >= 4 is 11.6 Å². The van der Waals surface area contributed by atoms with Crippen LogP contribution in [0.1, 0.15) is 19.9 Å². The molecule has 0 aliphatic heterocycles. The molecule has 0 fully saturated rings. The maximum Gasteiger partial charge on any atom is 0.249 e. The third-order valence-electron chi connectivity index (χ3n) is 2.61. The van der Waals surface area contributed by atoms with Crippen molar-refractivity contribution in [3.8, 4) is 5.88 Å². The molecule has 19 heavy (non-hydrogen) atoms. The van der Waals surface area contributed by atoms with Crippen molar-refractivity contribution in [3.63, 3.8) is 0 Å². The number of carbonyl (C=O) groups excluding carboxylic acids is 1. The predicted octanol–water partition coefficient (Wildman–Crippen LogP) is 1.88. The molecule has 6 nitrogen and oxygen atoms in total. The molecule has 0 radical (unpaired) electrons. The topological polar surface area (TPSA) is 69.0 Å². The van der Waals surface area contributed by atoms with Gasteiger partial charge < -0.3 is 10.1 Å². The van der Waals surface area contributed by atoms with Crippen molar-refractivity contribution < 1.29 is 9.53 Å². The summed E-state index contributed by atoms with van der Waals surface area (Å²) in [6.07, 6.45) is 5.01. The number of nitrogens with zero attached hydrogens (tertiary/aromatic N) is 3. The van der Waals surface area contributed by atoms with E-state index in [0.29, 0.717) is 18.2 Å². The number of amides is 1. The number of aromatic nitrogens is 3. The normalized spacial score (nSPS) is 11.9. The Bertz CT molecular complexity index is 539. The van der Waals surface area contributed by atoms with Crippen LogP contribution in [0.3, 0.4) is 0 Å². The first-order chi connectivity index (χ1) is 9.22. The summed E-state index contributed by atoms with van der Waals surface area (Å²) in [4.78, 5) is 16.2. The lowest BCUT2D eigenvalue weighted by atomic mass is 10.3. The van der Waals surface area contributed by atoms with Crippen LogP contribution in [0.4, 0.5) is 5.69 Å². The second kappa shape index (κ2) is 5.99. The molecule has 2 aromatic rings. The average Bonchev–Trinajstić information content (AvgIpc) is 2.94. The Balaban J connectivity index is 2.10. The minimum atomic E-state index is -0.398. The second-order valence-electron chi connectivity index (χ2n) is 3.94. The van der Waals surface area contributed by atoms with E-state index in [-0.39, 0.29) is 5.91 Å². The van der Waals surface area contributed by atoms with Crippen molar-refractivity contribution in [2.45, 2.75) is 19.9 Å². The molecule has 0 bridgehead atoms. The van der Waals surface area contributed by atoms with E-state index >= 15 is 0 Å². The van der Waals surface area contributed by atoms with E-state index in [9.17, 15) is 4.79 Å². The van der Waals surface area contributed by atoms with Gasteiger partial charge in [-0.05, 0) is 32.0 Å². The first kappa shape index (κ1) is 13.1. The van der Waals surface area contributed by atoms with Crippen molar-refractivity contribution in [1.82, 2.24) is 14.8 Å². The SMILES string of the molecule is CCOc1ncccc1NC(=O)[C@H](C)n1cccn1. The molecule has 1 atom stereocenters. The largest absolute Gasteiger partial charge is 0.476 e. The fourth-order valence-corrected chi connectivity index (χ4v) is 1.60. The molecular weight excluding hydrogens is 244 g/mol. The maximum atomic E-state index is 12.1. The molecule has 0 aromatic carbocycles. The first-order valence-electron chi connectivity index (χ1n) is 6.10. The summed E-state index contributed by atoms with van der Waals surface area (Å²) < 4.78 is 6.95. The average molecular weight is 260 g/mol. The Morgan fingerprint density at radius 3 is 3.00 bits per heavy atom. The summed E-state index contributed by atoms with van der Waals surface area (Å²) in [5, 5.41) is 6.84. The summed E-state index contributed by atoms with van der Waals surface area (Å²) in [7, 11) is 0. The summed E-state index contributed by atoms with van der Waals surface area (Å²) in [5.74, 6) is 0.253. The van der Waals surface area contributed by atoms with Crippen LogP contribution < -0.4 is 10.1 Å². The highest BCUT2D eigenvalue weighted by molar-refractivity contribution is 5.94. The molecule has 100 valence electrons. The molecule has 0 saturated heterocycles. The Morgan fingerprint density at radius 1 is 1.47 bits per heavy atom. The van der Waals surface area contributed by atoms with Gasteiger partial charge in [-0.2, -0.15) is 5.10 Å². The van der Waals surface area contributed by atoms with Gasteiger partial charge in [0, 0.05) is 18.6 Å². The van der Waals surface area contributed by atoms with Gasteiger partial charge in [0.05, 0.1) is 6.61 Å². The van der Waals surface area contributed by atoms with Gasteiger partial charge in [0.2, 0.25) is 11.8 Å². The standard InChI is InChI=1S/C13H16N4O2/c1-3-19-13-11(6-4-7-14-13)16-12(18)10(2)17-9-5-8-15-17/h4-10H,3H2,1-2H3,(H,16,18)/t10-/m0/s1. The first-order valence-corrected chi connectivity index (χ1v) is 6.10. The molecule has 2 rings (SSSR count). The Kier molecular flexibility index (Phi) is 4.12. The molecule has 0 saturated carbocycles. The van der Waals surface area contributed by atoms with Crippen LogP contribution in [-0.4, -0.2) is 27.3 Å².